The minimum Gasteiger partial charge on any atom is -0.341 e. The van der Waals surface area contributed by atoms with E-state index in [4.69, 9.17) is 4.98 Å². The molecule has 4 saturated carbocycles. The minimum atomic E-state index is -0.648. The maximum Gasteiger partial charge on any atom is 0.251 e. The Labute approximate surface area is 207 Å². The van der Waals surface area contributed by atoms with Crippen molar-refractivity contribution in [3.8, 4) is 0 Å². The molecule has 4 aliphatic carbocycles. The van der Waals surface area contributed by atoms with E-state index in [1.54, 1.807) is 6.92 Å². The molecule has 4 fully saturated rings. The predicted octanol–water partition coefficient (Wildman–Crippen LogP) is 5.96. The largest absolute Gasteiger partial charge is 0.341 e. The molecule has 0 saturated heterocycles. The average Bonchev–Trinajstić information content (AvgIpc) is 3.18. The molecular weight excluding hydrogens is 442 g/mol. The van der Waals surface area contributed by atoms with Crippen molar-refractivity contribution in [2.45, 2.75) is 84.1 Å². The number of rotatable bonds is 6. The molecule has 0 unspecified atom stereocenters. The minimum absolute atomic E-state index is 0.0322. The maximum atomic E-state index is 12.7. The third kappa shape index (κ3) is 4.93. The Kier molecular flexibility index (Phi) is 6.07. The second-order valence-electron chi connectivity index (χ2n) is 12.3. The lowest BCUT2D eigenvalue weighted by molar-refractivity contribution is -0.117. The summed E-state index contributed by atoms with van der Waals surface area (Å²) in [5, 5.41) is 8.45. The Bertz CT molecular complexity index is 1030. The normalized spacial score (nSPS) is 28.5. The van der Waals surface area contributed by atoms with Gasteiger partial charge in [-0.1, -0.05) is 32.9 Å². The van der Waals surface area contributed by atoms with Crippen molar-refractivity contribution in [3.63, 3.8) is 0 Å². The Hall–Kier alpha value is -2.21. The van der Waals surface area contributed by atoms with Gasteiger partial charge in [0.15, 0.2) is 5.13 Å². The quantitative estimate of drug-likeness (QED) is 0.537. The van der Waals surface area contributed by atoms with Gasteiger partial charge in [-0.05, 0) is 98.1 Å². The lowest BCUT2D eigenvalue weighted by Gasteiger charge is -2.56. The molecule has 182 valence electrons. The van der Waals surface area contributed by atoms with Crippen LogP contribution in [0.5, 0.6) is 0 Å². The van der Waals surface area contributed by atoms with Crippen LogP contribution in [0.1, 0.15) is 87.8 Å². The highest BCUT2D eigenvalue weighted by molar-refractivity contribution is 7.13. The second-order valence-corrected chi connectivity index (χ2v) is 13.1. The van der Waals surface area contributed by atoms with Gasteiger partial charge in [-0.15, -0.1) is 11.3 Å². The summed E-state index contributed by atoms with van der Waals surface area (Å²) >= 11 is 1.49. The fraction of sp³-hybridized carbons (Fsp3) is 0.607. The summed E-state index contributed by atoms with van der Waals surface area (Å²) in [5.41, 5.74) is 3.30. The average molecular weight is 480 g/mol. The Morgan fingerprint density at radius 1 is 1.06 bits per heavy atom. The van der Waals surface area contributed by atoms with E-state index in [-0.39, 0.29) is 17.2 Å². The van der Waals surface area contributed by atoms with Gasteiger partial charge in [-0.2, -0.15) is 0 Å². The lowest BCUT2D eigenvalue weighted by atomic mass is 9.48. The molecule has 4 aliphatic rings. The van der Waals surface area contributed by atoms with Crippen LogP contribution >= 0.6 is 11.3 Å². The van der Waals surface area contributed by atoms with Crippen molar-refractivity contribution in [1.82, 2.24) is 10.3 Å². The number of anilines is 1. The predicted molar refractivity (Wildman–Crippen MR) is 137 cm³/mol. The molecule has 0 aliphatic heterocycles. The number of aromatic nitrogens is 1. The molecule has 1 heterocycles. The molecule has 2 amide bonds. The highest BCUT2D eigenvalue weighted by Crippen LogP contribution is 2.61. The van der Waals surface area contributed by atoms with Crippen molar-refractivity contribution in [2.24, 2.45) is 23.2 Å². The van der Waals surface area contributed by atoms with Crippen molar-refractivity contribution in [3.05, 3.63) is 46.5 Å². The molecule has 34 heavy (non-hydrogen) atoms. The van der Waals surface area contributed by atoms with Gasteiger partial charge in [0.2, 0.25) is 5.91 Å². The van der Waals surface area contributed by atoms with Crippen molar-refractivity contribution < 1.29 is 9.59 Å². The summed E-state index contributed by atoms with van der Waals surface area (Å²) in [5.74, 6) is 2.30. The number of carbonyl (C=O) groups excluding carboxylic acids is 2. The Balaban J connectivity index is 1.15. The standard InChI is InChI=1S/C28H37N3O2S/c1-17(29-25(33)21-5-7-22(8-6-21)27(2,3)4)24(32)31-26-30-23(16-34-26)15-28-12-18-9-19(13-28)11-20(10-18)14-28/h5-8,16-20H,9-15H2,1-4H3,(H,29,33)(H,30,31,32)/t17-,18?,19?,20?,28?/m1/s1. The van der Waals surface area contributed by atoms with E-state index >= 15 is 0 Å². The smallest absolute Gasteiger partial charge is 0.251 e. The zero-order chi connectivity index (χ0) is 24.1. The van der Waals surface area contributed by atoms with E-state index in [0.29, 0.717) is 16.1 Å². The van der Waals surface area contributed by atoms with Crippen LogP contribution in [0.15, 0.2) is 29.6 Å². The number of hydrogen-bond donors (Lipinski definition) is 2. The Morgan fingerprint density at radius 2 is 1.65 bits per heavy atom. The third-order valence-corrected chi connectivity index (χ3v) is 9.06. The zero-order valence-electron chi connectivity index (χ0n) is 20.8. The van der Waals surface area contributed by atoms with E-state index in [9.17, 15) is 9.59 Å². The lowest BCUT2D eigenvalue weighted by Crippen LogP contribution is -2.47. The number of nitrogens with zero attached hydrogens (tertiary/aromatic N) is 1. The van der Waals surface area contributed by atoms with Crippen LogP contribution in [-0.2, 0) is 16.6 Å². The van der Waals surface area contributed by atoms with Crippen LogP contribution in [0.3, 0.4) is 0 Å². The first kappa shape index (κ1) is 23.5. The van der Waals surface area contributed by atoms with Gasteiger partial charge in [-0.25, -0.2) is 4.98 Å². The monoisotopic (exact) mass is 479 g/mol. The van der Waals surface area contributed by atoms with E-state index in [2.05, 4.69) is 36.8 Å². The molecular formula is C28H37N3O2S. The summed E-state index contributed by atoms with van der Waals surface area (Å²) in [6.07, 6.45) is 9.46. The molecule has 2 N–H and O–H groups in total. The number of thiazole rings is 1. The number of benzene rings is 1. The molecule has 5 nitrogen and oxygen atoms in total. The number of carbonyl (C=O) groups is 2. The van der Waals surface area contributed by atoms with Crippen LogP contribution < -0.4 is 10.6 Å². The van der Waals surface area contributed by atoms with E-state index in [0.717, 1.165) is 29.9 Å². The summed E-state index contributed by atoms with van der Waals surface area (Å²) in [6, 6.07) is 6.93. The van der Waals surface area contributed by atoms with Crippen LogP contribution in [0.25, 0.3) is 0 Å². The number of hydrogen-bond acceptors (Lipinski definition) is 4. The molecule has 0 radical (unpaired) electrons. The van der Waals surface area contributed by atoms with Crippen LogP contribution in [-0.4, -0.2) is 22.8 Å². The summed E-state index contributed by atoms with van der Waals surface area (Å²) in [6.45, 7) is 8.13. The first-order chi connectivity index (χ1) is 16.1. The molecule has 6 rings (SSSR count). The third-order valence-electron chi connectivity index (χ3n) is 8.26. The highest BCUT2D eigenvalue weighted by Gasteiger charge is 2.50. The van der Waals surface area contributed by atoms with Crippen molar-refractivity contribution >= 4 is 28.3 Å². The SMILES string of the molecule is C[C@@H](NC(=O)c1ccc(C(C)(C)C)cc1)C(=O)Nc1nc(CC23CC4CC(CC(C4)C2)C3)cs1. The molecule has 1 atom stereocenters. The van der Waals surface area contributed by atoms with Gasteiger partial charge >= 0.3 is 0 Å². The summed E-state index contributed by atoms with van der Waals surface area (Å²) in [4.78, 5) is 30.1. The number of nitrogens with one attached hydrogen (secondary N) is 2. The molecule has 1 aromatic carbocycles. The highest BCUT2D eigenvalue weighted by atomic mass is 32.1. The Morgan fingerprint density at radius 3 is 2.21 bits per heavy atom. The van der Waals surface area contributed by atoms with Gasteiger partial charge in [0, 0.05) is 10.9 Å². The second kappa shape index (κ2) is 8.78. The molecule has 4 bridgehead atoms. The van der Waals surface area contributed by atoms with Gasteiger partial charge in [0.1, 0.15) is 6.04 Å². The molecule has 1 aromatic heterocycles. The fourth-order valence-electron chi connectivity index (χ4n) is 7.02. The molecule has 0 spiro atoms. The van der Waals surface area contributed by atoms with Gasteiger partial charge in [0.25, 0.3) is 5.91 Å². The van der Waals surface area contributed by atoms with Gasteiger partial charge in [-0.3, -0.25) is 9.59 Å². The van der Waals surface area contributed by atoms with E-state index < -0.39 is 6.04 Å². The van der Waals surface area contributed by atoms with Crippen LogP contribution in [0.4, 0.5) is 5.13 Å². The fourth-order valence-corrected chi connectivity index (χ4v) is 7.73. The summed E-state index contributed by atoms with van der Waals surface area (Å²) in [7, 11) is 0. The van der Waals surface area contributed by atoms with E-state index in [1.807, 2.05) is 24.3 Å². The summed E-state index contributed by atoms with van der Waals surface area (Å²) < 4.78 is 0. The molecule has 2 aromatic rings. The van der Waals surface area contributed by atoms with E-state index in [1.165, 1.54) is 55.4 Å². The molecule has 6 heteroatoms. The van der Waals surface area contributed by atoms with Crippen molar-refractivity contribution in [1.29, 1.82) is 0 Å². The first-order valence-corrected chi connectivity index (χ1v) is 13.6. The maximum absolute atomic E-state index is 12.7. The number of amides is 2. The zero-order valence-corrected chi connectivity index (χ0v) is 21.6. The van der Waals surface area contributed by atoms with Gasteiger partial charge in [0.05, 0.1) is 5.69 Å². The van der Waals surface area contributed by atoms with Crippen LogP contribution in [0, 0.1) is 23.2 Å². The van der Waals surface area contributed by atoms with Crippen LogP contribution in [0.2, 0.25) is 0 Å². The first-order valence-electron chi connectivity index (χ1n) is 12.8. The van der Waals surface area contributed by atoms with Crippen molar-refractivity contribution in [2.75, 3.05) is 5.32 Å². The topological polar surface area (TPSA) is 71.1 Å². The van der Waals surface area contributed by atoms with Gasteiger partial charge < -0.3 is 10.6 Å².